The Hall–Kier alpha value is -3.67. The molecule has 0 atom stereocenters. The van der Waals surface area contributed by atoms with Crippen LogP contribution < -0.4 is 4.74 Å². The lowest BCUT2D eigenvalue weighted by molar-refractivity contribution is 0.0711. The molecule has 0 unspecified atom stereocenters. The van der Waals surface area contributed by atoms with Gasteiger partial charge in [-0.05, 0) is 66.8 Å². The summed E-state index contributed by atoms with van der Waals surface area (Å²) in [4.78, 5) is 15.3. The van der Waals surface area contributed by atoms with Crippen LogP contribution in [0.3, 0.4) is 0 Å². The van der Waals surface area contributed by atoms with Crippen molar-refractivity contribution in [3.8, 4) is 16.9 Å². The number of benzene rings is 3. The number of likely N-dealkylation sites (tertiary alicyclic amines) is 1. The third-order valence-electron chi connectivity index (χ3n) is 6.60. The molecule has 168 valence electrons. The van der Waals surface area contributed by atoms with Crippen molar-refractivity contribution in [2.24, 2.45) is 0 Å². The van der Waals surface area contributed by atoms with E-state index in [0.717, 1.165) is 51.9 Å². The van der Waals surface area contributed by atoms with E-state index in [1.54, 1.807) is 13.2 Å². The molecular formula is C27H25FN2O3. The van der Waals surface area contributed by atoms with Crippen molar-refractivity contribution in [2.75, 3.05) is 20.2 Å². The molecule has 0 radical (unpaired) electrons. The fourth-order valence-corrected chi connectivity index (χ4v) is 4.70. The molecule has 5 nitrogen and oxygen atoms in total. The number of piperidine rings is 1. The summed E-state index contributed by atoms with van der Waals surface area (Å²) in [7, 11) is 1.65. The monoisotopic (exact) mass is 444 g/mol. The van der Waals surface area contributed by atoms with Crippen LogP contribution in [0.15, 0.2) is 65.2 Å². The van der Waals surface area contributed by atoms with Gasteiger partial charge in [0.15, 0.2) is 5.58 Å². The maximum absolute atomic E-state index is 13.5. The Labute approximate surface area is 191 Å². The second-order valence-electron chi connectivity index (χ2n) is 8.48. The average Bonchev–Trinajstić information content (AvgIpc) is 3.27. The Morgan fingerprint density at radius 3 is 2.58 bits per heavy atom. The molecule has 1 aliphatic rings. The van der Waals surface area contributed by atoms with Crippen LogP contribution in [0, 0.1) is 12.7 Å². The second-order valence-corrected chi connectivity index (χ2v) is 8.48. The molecule has 33 heavy (non-hydrogen) atoms. The first kappa shape index (κ1) is 21.2. The zero-order chi connectivity index (χ0) is 22.9. The summed E-state index contributed by atoms with van der Waals surface area (Å²) in [6, 6.07) is 18.3. The van der Waals surface area contributed by atoms with Gasteiger partial charge in [-0.2, -0.15) is 0 Å². The van der Waals surface area contributed by atoms with Crippen LogP contribution in [0.25, 0.3) is 22.1 Å². The molecule has 0 spiro atoms. The molecule has 0 saturated carbocycles. The molecule has 5 rings (SSSR count). The summed E-state index contributed by atoms with van der Waals surface area (Å²) >= 11 is 0. The largest absolute Gasteiger partial charge is 0.497 e. The number of rotatable bonds is 4. The van der Waals surface area contributed by atoms with Crippen molar-refractivity contribution in [2.45, 2.75) is 25.7 Å². The molecule has 0 bridgehead atoms. The predicted octanol–water partition coefficient (Wildman–Crippen LogP) is 5.97. The number of carbonyl (C=O) groups is 1. The van der Waals surface area contributed by atoms with Gasteiger partial charge in [-0.3, -0.25) is 4.79 Å². The predicted molar refractivity (Wildman–Crippen MR) is 125 cm³/mol. The molecule has 1 fully saturated rings. The Kier molecular flexibility index (Phi) is 5.58. The minimum absolute atomic E-state index is 0.0494. The van der Waals surface area contributed by atoms with E-state index < -0.39 is 0 Å². The number of nitrogens with zero attached hydrogens (tertiary/aromatic N) is 2. The SMILES string of the molecule is COc1ccc(-c2cccc(C(=O)N3CCC(c4noc5cc(F)ccc45)CC3)c2C)cc1. The highest BCUT2D eigenvalue weighted by Crippen LogP contribution is 2.34. The highest BCUT2D eigenvalue weighted by molar-refractivity contribution is 5.97. The maximum atomic E-state index is 13.5. The van der Waals surface area contributed by atoms with Gasteiger partial charge in [-0.25, -0.2) is 4.39 Å². The zero-order valence-corrected chi connectivity index (χ0v) is 18.7. The van der Waals surface area contributed by atoms with E-state index in [9.17, 15) is 9.18 Å². The topological polar surface area (TPSA) is 55.6 Å². The average molecular weight is 445 g/mol. The Balaban J connectivity index is 1.32. The van der Waals surface area contributed by atoms with Gasteiger partial charge in [0.1, 0.15) is 11.6 Å². The normalized spacial score (nSPS) is 14.6. The van der Waals surface area contributed by atoms with E-state index in [0.29, 0.717) is 18.7 Å². The minimum atomic E-state index is -0.335. The van der Waals surface area contributed by atoms with E-state index >= 15 is 0 Å². The first-order valence-corrected chi connectivity index (χ1v) is 11.1. The van der Waals surface area contributed by atoms with E-state index in [2.05, 4.69) is 5.16 Å². The molecule has 3 aromatic carbocycles. The fraction of sp³-hybridized carbons (Fsp3) is 0.259. The number of aromatic nitrogens is 1. The molecule has 2 heterocycles. The number of amides is 1. The summed E-state index contributed by atoms with van der Waals surface area (Å²) in [5.74, 6) is 0.704. The molecule has 4 aromatic rings. The summed E-state index contributed by atoms with van der Waals surface area (Å²) < 4.78 is 24.0. The molecule has 1 aromatic heterocycles. The number of methoxy groups -OCH3 is 1. The van der Waals surface area contributed by atoms with Gasteiger partial charge in [-0.15, -0.1) is 0 Å². The van der Waals surface area contributed by atoms with Gasteiger partial charge in [0.25, 0.3) is 5.91 Å². The van der Waals surface area contributed by atoms with Crippen molar-refractivity contribution in [3.63, 3.8) is 0 Å². The standard InChI is InChI=1S/C27H25FN2O3/c1-17-22(18-6-9-21(32-2)10-7-18)4-3-5-23(17)27(31)30-14-12-19(13-15-30)26-24-11-8-20(28)16-25(24)33-29-26/h3-11,16,19H,12-15H2,1-2H3. The third kappa shape index (κ3) is 3.97. The number of ether oxygens (including phenoxy) is 1. The number of halogens is 1. The van der Waals surface area contributed by atoms with Crippen molar-refractivity contribution in [1.82, 2.24) is 10.1 Å². The van der Waals surface area contributed by atoms with Crippen LogP contribution in [0.5, 0.6) is 5.75 Å². The summed E-state index contributed by atoms with van der Waals surface area (Å²) in [5, 5.41) is 5.06. The van der Waals surface area contributed by atoms with Crippen LogP contribution in [0.1, 0.15) is 40.4 Å². The highest BCUT2D eigenvalue weighted by Gasteiger charge is 2.28. The quantitative estimate of drug-likeness (QED) is 0.389. The zero-order valence-electron chi connectivity index (χ0n) is 18.7. The summed E-state index contributed by atoms with van der Waals surface area (Å²) in [6.07, 6.45) is 1.59. The Bertz CT molecular complexity index is 1300. The van der Waals surface area contributed by atoms with Crippen LogP contribution in [-0.4, -0.2) is 36.2 Å². The van der Waals surface area contributed by atoms with Gasteiger partial charge < -0.3 is 14.2 Å². The summed E-state index contributed by atoms with van der Waals surface area (Å²) in [6.45, 7) is 3.29. The van der Waals surface area contributed by atoms with Crippen LogP contribution >= 0.6 is 0 Å². The Morgan fingerprint density at radius 2 is 1.85 bits per heavy atom. The second kappa shape index (κ2) is 8.70. The van der Waals surface area contributed by atoms with Crippen molar-refractivity contribution in [1.29, 1.82) is 0 Å². The van der Waals surface area contributed by atoms with Crippen molar-refractivity contribution < 1.29 is 18.4 Å². The molecule has 1 amide bonds. The minimum Gasteiger partial charge on any atom is -0.497 e. The van der Waals surface area contributed by atoms with Crippen molar-refractivity contribution in [3.05, 3.63) is 83.3 Å². The van der Waals surface area contributed by atoms with Gasteiger partial charge in [-0.1, -0.05) is 29.4 Å². The molecule has 0 N–H and O–H groups in total. The lowest BCUT2D eigenvalue weighted by Gasteiger charge is -2.32. The van der Waals surface area contributed by atoms with Crippen molar-refractivity contribution >= 4 is 16.9 Å². The van der Waals surface area contributed by atoms with E-state index in [1.807, 2.05) is 54.3 Å². The van der Waals surface area contributed by atoms with Gasteiger partial charge in [0.2, 0.25) is 0 Å². The lowest BCUT2D eigenvalue weighted by atomic mass is 9.90. The number of carbonyl (C=O) groups excluding carboxylic acids is 1. The highest BCUT2D eigenvalue weighted by atomic mass is 19.1. The molecule has 6 heteroatoms. The molecular weight excluding hydrogens is 419 g/mol. The first-order valence-electron chi connectivity index (χ1n) is 11.1. The summed E-state index contributed by atoms with van der Waals surface area (Å²) in [5.41, 5.74) is 5.11. The van der Waals surface area contributed by atoms with Crippen LogP contribution in [0.2, 0.25) is 0 Å². The maximum Gasteiger partial charge on any atom is 0.254 e. The third-order valence-corrected chi connectivity index (χ3v) is 6.60. The lowest BCUT2D eigenvalue weighted by Crippen LogP contribution is -2.38. The first-order chi connectivity index (χ1) is 16.0. The van der Waals surface area contributed by atoms with Crippen LogP contribution in [-0.2, 0) is 0 Å². The van der Waals surface area contributed by atoms with E-state index in [4.69, 9.17) is 9.26 Å². The van der Waals surface area contributed by atoms with Gasteiger partial charge in [0, 0.05) is 36.0 Å². The van der Waals surface area contributed by atoms with E-state index in [-0.39, 0.29) is 17.6 Å². The van der Waals surface area contributed by atoms with Gasteiger partial charge in [0.05, 0.1) is 12.8 Å². The van der Waals surface area contributed by atoms with E-state index in [1.165, 1.54) is 12.1 Å². The molecule has 1 aliphatic heterocycles. The number of hydrogen-bond donors (Lipinski definition) is 0. The van der Waals surface area contributed by atoms with Gasteiger partial charge >= 0.3 is 0 Å². The molecule has 1 saturated heterocycles. The molecule has 0 aliphatic carbocycles. The fourth-order valence-electron chi connectivity index (χ4n) is 4.70. The number of fused-ring (bicyclic) bond motifs is 1. The Morgan fingerprint density at radius 1 is 1.09 bits per heavy atom. The smallest absolute Gasteiger partial charge is 0.254 e. The van der Waals surface area contributed by atoms with Crippen LogP contribution in [0.4, 0.5) is 4.39 Å². The number of hydrogen-bond acceptors (Lipinski definition) is 4.